The van der Waals surface area contributed by atoms with Gasteiger partial charge in [-0.25, -0.2) is 4.98 Å². The van der Waals surface area contributed by atoms with Gasteiger partial charge in [-0.3, -0.25) is 0 Å². The van der Waals surface area contributed by atoms with Crippen LogP contribution in [0.1, 0.15) is 0 Å². The summed E-state index contributed by atoms with van der Waals surface area (Å²) in [6.07, 6.45) is 1.64. The zero-order chi connectivity index (χ0) is 13.1. The molecule has 0 amide bonds. The van der Waals surface area contributed by atoms with E-state index >= 15 is 0 Å². The molecule has 0 bridgehead atoms. The van der Waals surface area contributed by atoms with Crippen LogP contribution in [0, 0.1) is 0 Å². The van der Waals surface area contributed by atoms with Crippen molar-refractivity contribution in [3.63, 3.8) is 0 Å². The van der Waals surface area contributed by atoms with Gasteiger partial charge in [0.2, 0.25) is 5.88 Å². The van der Waals surface area contributed by atoms with Gasteiger partial charge in [0.1, 0.15) is 6.61 Å². The van der Waals surface area contributed by atoms with Crippen molar-refractivity contribution >= 4 is 5.69 Å². The van der Waals surface area contributed by atoms with Gasteiger partial charge in [-0.2, -0.15) is 0 Å². The monoisotopic (exact) mass is 256 g/mol. The molecule has 6 heteroatoms. The van der Waals surface area contributed by atoms with E-state index in [1.807, 2.05) is 0 Å². The van der Waals surface area contributed by atoms with Gasteiger partial charge < -0.3 is 24.7 Å². The summed E-state index contributed by atoms with van der Waals surface area (Å²) < 4.78 is 20.8. The highest BCUT2D eigenvalue weighted by Gasteiger charge is 1.99. The Hall–Kier alpha value is -1.37. The fourth-order valence-electron chi connectivity index (χ4n) is 1.19. The topological polar surface area (TPSA) is 75.8 Å². The van der Waals surface area contributed by atoms with Crippen molar-refractivity contribution in [1.82, 2.24) is 4.98 Å². The second kappa shape index (κ2) is 9.64. The number of aromatic nitrogens is 1. The molecule has 0 aliphatic carbocycles. The maximum Gasteiger partial charge on any atom is 0.237 e. The predicted octanol–water partition coefficient (Wildman–Crippen LogP) is 0.722. The molecule has 0 aromatic carbocycles. The van der Waals surface area contributed by atoms with Crippen molar-refractivity contribution in [3.8, 4) is 5.88 Å². The van der Waals surface area contributed by atoms with Crippen LogP contribution in [-0.4, -0.2) is 51.7 Å². The van der Waals surface area contributed by atoms with E-state index in [0.717, 1.165) is 0 Å². The molecule has 0 saturated carbocycles. The molecule has 0 aliphatic heterocycles. The molecular formula is C12H20N2O4. The zero-order valence-corrected chi connectivity index (χ0v) is 10.6. The minimum absolute atomic E-state index is 0.416. The van der Waals surface area contributed by atoms with E-state index in [1.54, 1.807) is 25.4 Å². The van der Waals surface area contributed by atoms with Crippen molar-refractivity contribution in [3.05, 3.63) is 18.3 Å². The fraction of sp³-hybridized carbons (Fsp3) is 0.583. The van der Waals surface area contributed by atoms with Crippen LogP contribution in [0.4, 0.5) is 5.69 Å². The minimum Gasteiger partial charge on any atom is -0.474 e. The van der Waals surface area contributed by atoms with Crippen LogP contribution in [0.5, 0.6) is 5.88 Å². The van der Waals surface area contributed by atoms with Crippen LogP contribution in [-0.2, 0) is 14.2 Å². The fourth-order valence-corrected chi connectivity index (χ4v) is 1.19. The quantitative estimate of drug-likeness (QED) is 0.622. The van der Waals surface area contributed by atoms with Crippen LogP contribution >= 0.6 is 0 Å². The number of nitrogens with two attached hydrogens (primary N) is 1. The zero-order valence-electron chi connectivity index (χ0n) is 10.6. The average Bonchev–Trinajstić information content (AvgIpc) is 2.39. The van der Waals surface area contributed by atoms with Gasteiger partial charge in [0.25, 0.3) is 0 Å². The lowest BCUT2D eigenvalue weighted by Gasteiger charge is -2.08. The first-order valence-electron chi connectivity index (χ1n) is 5.82. The first kappa shape index (κ1) is 14.7. The highest BCUT2D eigenvalue weighted by molar-refractivity contribution is 5.46. The number of hydrogen-bond donors (Lipinski definition) is 1. The third-order valence-corrected chi connectivity index (χ3v) is 2.07. The van der Waals surface area contributed by atoms with Gasteiger partial charge in [0.05, 0.1) is 38.7 Å². The molecule has 0 spiro atoms. The molecule has 102 valence electrons. The smallest absolute Gasteiger partial charge is 0.237 e. The van der Waals surface area contributed by atoms with Crippen molar-refractivity contribution in [1.29, 1.82) is 0 Å². The van der Waals surface area contributed by atoms with Gasteiger partial charge in [0, 0.05) is 13.3 Å². The summed E-state index contributed by atoms with van der Waals surface area (Å²) in [6, 6.07) is 3.50. The maximum atomic E-state index is 5.67. The van der Waals surface area contributed by atoms with E-state index in [-0.39, 0.29) is 0 Å². The van der Waals surface area contributed by atoms with Crippen LogP contribution in [0.2, 0.25) is 0 Å². The van der Waals surface area contributed by atoms with Crippen molar-refractivity contribution < 1.29 is 18.9 Å². The lowest BCUT2D eigenvalue weighted by Crippen LogP contribution is -2.13. The number of methoxy groups -OCH3 is 1. The van der Waals surface area contributed by atoms with E-state index in [2.05, 4.69) is 4.98 Å². The van der Waals surface area contributed by atoms with Crippen LogP contribution in [0.3, 0.4) is 0 Å². The molecule has 0 unspecified atom stereocenters. The lowest BCUT2D eigenvalue weighted by atomic mass is 10.4. The summed E-state index contributed by atoms with van der Waals surface area (Å²) in [7, 11) is 1.64. The predicted molar refractivity (Wildman–Crippen MR) is 67.7 cm³/mol. The number of rotatable bonds is 10. The molecule has 1 heterocycles. The van der Waals surface area contributed by atoms with E-state index in [1.165, 1.54) is 0 Å². The lowest BCUT2D eigenvalue weighted by molar-refractivity contribution is 0.0177. The van der Waals surface area contributed by atoms with Gasteiger partial charge >= 0.3 is 0 Å². The molecule has 0 radical (unpaired) electrons. The largest absolute Gasteiger partial charge is 0.474 e. The van der Waals surface area contributed by atoms with Gasteiger partial charge in [-0.1, -0.05) is 0 Å². The van der Waals surface area contributed by atoms with Crippen molar-refractivity contribution in [2.75, 3.05) is 52.5 Å². The minimum atomic E-state index is 0.416. The Labute approximate surface area is 107 Å². The molecule has 1 aromatic heterocycles. The number of hydrogen-bond acceptors (Lipinski definition) is 6. The summed E-state index contributed by atoms with van der Waals surface area (Å²) >= 11 is 0. The molecule has 1 aromatic rings. The van der Waals surface area contributed by atoms with Gasteiger partial charge in [0.15, 0.2) is 0 Å². The first-order chi connectivity index (χ1) is 8.84. The molecule has 0 atom stereocenters. The summed E-state index contributed by atoms with van der Waals surface area (Å²) in [5.74, 6) is 0.442. The van der Waals surface area contributed by atoms with Gasteiger partial charge in [-0.05, 0) is 12.1 Å². The van der Waals surface area contributed by atoms with E-state index in [9.17, 15) is 0 Å². The molecular weight excluding hydrogens is 236 g/mol. The van der Waals surface area contributed by atoms with E-state index in [4.69, 9.17) is 24.7 Å². The molecule has 0 fully saturated rings. The Morgan fingerprint density at radius 3 is 2.39 bits per heavy atom. The van der Waals surface area contributed by atoms with Crippen LogP contribution in [0.15, 0.2) is 18.3 Å². The average molecular weight is 256 g/mol. The standard InChI is InChI=1S/C12H20N2O4/c1-15-5-6-16-7-8-17-9-10-18-12-11(13)3-2-4-14-12/h2-4H,5-10,13H2,1H3. The second-order valence-corrected chi connectivity index (χ2v) is 3.46. The molecule has 18 heavy (non-hydrogen) atoms. The third kappa shape index (κ3) is 6.39. The summed E-state index contributed by atoms with van der Waals surface area (Å²) in [4.78, 5) is 4.00. The maximum absolute atomic E-state index is 5.67. The third-order valence-electron chi connectivity index (χ3n) is 2.07. The Morgan fingerprint density at radius 1 is 1.06 bits per heavy atom. The number of anilines is 1. The van der Waals surface area contributed by atoms with Crippen LogP contribution < -0.4 is 10.5 Å². The Balaban J connectivity index is 1.94. The Morgan fingerprint density at radius 2 is 1.72 bits per heavy atom. The van der Waals surface area contributed by atoms with E-state index < -0.39 is 0 Å². The highest BCUT2D eigenvalue weighted by Crippen LogP contribution is 2.15. The Bertz CT molecular complexity index is 323. The van der Waals surface area contributed by atoms with Crippen molar-refractivity contribution in [2.24, 2.45) is 0 Å². The number of nitrogens with zero attached hydrogens (tertiary/aromatic N) is 1. The summed E-state index contributed by atoms with van der Waals surface area (Å²) in [5.41, 5.74) is 6.20. The molecule has 0 aliphatic rings. The number of ether oxygens (including phenoxy) is 4. The second-order valence-electron chi connectivity index (χ2n) is 3.46. The van der Waals surface area contributed by atoms with Gasteiger partial charge in [-0.15, -0.1) is 0 Å². The SMILES string of the molecule is COCCOCCOCCOc1ncccc1N. The number of pyridine rings is 1. The van der Waals surface area contributed by atoms with E-state index in [0.29, 0.717) is 51.2 Å². The summed E-state index contributed by atoms with van der Waals surface area (Å²) in [5, 5.41) is 0. The van der Waals surface area contributed by atoms with Crippen LogP contribution in [0.25, 0.3) is 0 Å². The highest BCUT2D eigenvalue weighted by atomic mass is 16.6. The molecule has 6 nitrogen and oxygen atoms in total. The van der Waals surface area contributed by atoms with Crippen molar-refractivity contribution in [2.45, 2.75) is 0 Å². The normalized spacial score (nSPS) is 10.5. The molecule has 1 rings (SSSR count). The first-order valence-corrected chi connectivity index (χ1v) is 5.82. The number of nitrogen functional groups attached to an aromatic ring is 1. The summed E-state index contributed by atoms with van der Waals surface area (Å²) in [6.45, 7) is 3.16. The Kier molecular flexibility index (Phi) is 7.87. The molecule has 0 saturated heterocycles. The molecule has 2 N–H and O–H groups in total.